The summed E-state index contributed by atoms with van der Waals surface area (Å²) in [5.74, 6) is -0.807. The number of carboxylic acids is 1. The molecular formula is C16H18O2. The zero-order valence-corrected chi connectivity index (χ0v) is 10.5. The molecule has 0 amide bonds. The lowest BCUT2D eigenvalue weighted by Crippen LogP contribution is -1.89. The molecule has 0 aliphatic rings. The predicted octanol–water partition coefficient (Wildman–Crippen LogP) is 3.85. The van der Waals surface area contributed by atoms with Crippen molar-refractivity contribution in [1.82, 2.24) is 0 Å². The molecule has 0 aliphatic carbocycles. The molecule has 0 aromatic heterocycles. The minimum atomic E-state index is -0.807. The third kappa shape index (κ3) is 5.30. The second kappa shape index (κ2) is 8.07. The highest BCUT2D eigenvalue weighted by Crippen LogP contribution is 2.11. The van der Waals surface area contributed by atoms with Gasteiger partial charge in [0.1, 0.15) is 0 Å². The van der Waals surface area contributed by atoms with Crippen LogP contribution in [0.1, 0.15) is 24.5 Å². The molecule has 1 N–H and O–H groups in total. The van der Waals surface area contributed by atoms with E-state index in [0.717, 1.165) is 6.42 Å². The van der Waals surface area contributed by atoms with E-state index in [1.807, 2.05) is 37.3 Å². The summed E-state index contributed by atoms with van der Waals surface area (Å²) >= 11 is 0. The lowest BCUT2D eigenvalue weighted by atomic mass is 10.0. The maximum absolute atomic E-state index is 10.3. The van der Waals surface area contributed by atoms with Gasteiger partial charge in [-0.1, -0.05) is 60.7 Å². The first-order chi connectivity index (χ1) is 8.74. The van der Waals surface area contributed by atoms with Crippen LogP contribution in [0.25, 0.3) is 6.08 Å². The van der Waals surface area contributed by atoms with Gasteiger partial charge < -0.3 is 5.11 Å². The predicted molar refractivity (Wildman–Crippen MR) is 75.4 cm³/mol. The van der Waals surface area contributed by atoms with Crippen LogP contribution in [-0.2, 0) is 11.2 Å². The summed E-state index contributed by atoms with van der Waals surface area (Å²) in [4.78, 5) is 10.3. The third-order valence-corrected chi connectivity index (χ3v) is 2.41. The van der Waals surface area contributed by atoms with Crippen LogP contribution in [0.5, 0.6) is 0 Å². The quantitative estimate of drug-likeness (QED) is 0.769. The number of carbonyl (C=O) groups is 1. The number of carboxylic acid groups (broad SMARTS) is 1. The van der Waals surface area contributed by atoms with Crippen LogP contribution < -0.4 is 0 Å². The Hall–Kier alpha value is -2.09. The van der Waals surface area contributed by atoms with Gasteiger partial charge in [0.15, 0.2) is 0 Å². The van der Waals surface area contributed by atoms with E-state index >= 15 is 0 Å². The van der Waals surface area contributed by atoms with Crippen molar-refractivity contribution >= 4 is 12.0 Å². The molecule has 1 rings (SSSR count). The topological polar surface area (TPSA) is 37.3 Å². The summed E-state index contributed by atoms with van der Waals surface area (Å²) in [7, 11) is 0. The van der Waals surface area contributed by atoms with Crippen LogP contribution in [0.4, 0.5) is 0 Å². The van der Waals surface area contributed by atoms with Crippen molar-refractivity contribution in [3.8, 4) is 0 Å². The number of hydrogen-bond acceptors (Lipinski definition) is 1. The Morgan fingerprint density at radius 1 is 1.22 bits per heavy atom. The largest absolute Gasteiger partial charge is 0.481 e. The Bertz CT molecular complexity index is 468. The number of aliphatic carboxylic acids is 1. The maximum atomic E-state index is 10.3. The Kier molecular flexibility index (Phi) is 6.26. The summed E-state index contributed by atoms with van der Waals surface area (Å²) in [5, 5.41) is 8.46. The molecule has 2 nitrogen and oxygen atoms in total. The number of rotatable bonds is 6. The first-order valence-electron chi connectivity index (χ1n) is 5.98. The van der Waals surface area contributed by atoms with Crippen molar-refractivity contribution in [3.05, 3.63) is 65.8 Å². The van der Waals surface area contributed by atoms with E-state index in [2.05, 4.69) is 18.2 Å². The first kappa shape index (κ1) is 14.0. The van der Waals surface area contributed by atoms with E-state index in [1.165, 1.54) is 11.1 Å². The van der Waals surface area contributed by atoms with E-state index in [0.29, 0.717) is 0 Å². The van der Waals surface area contributed by atoms with Crippen LogP contribution in [0.15, 0.2) is 54.6 Å². The van der Waals surface area contributed by atoms with Crippen LogP contribution in [0, 0.1) is 0 Å². The van der Waals surface area contributed by atoms with Gasteiger partial charge in [0, 0.05) is 0 Å². The maximum Gasteiger partial charge on any atom is 0.307 e. The van der Waals surface area contributed by atoms with Gasteiger partial charge in [-0.3, -0.25) is 4.79 Å². The summed E-state index contributed by atoms with van der Waals surface area (Å²) in [5.41, 5.74) is 2.48. The van der Waals surface area contributed by atoms with Gasteiger partial charge in [0.2, 0.25) is 0 Å². The number of allylic oxidation sites excluding steroid dienone is 4. The van der Waals surface area contributed by atoms with E-state index in [4.69, 9.17) is 5.11 Å². The Labute approximate surface area is 108 Å². The lowest BCUT2D eigenvalue weighted by Gasteiger charge is -2.01. The highest BCUT2D eigenvalue weighted by molar-refractivity contribution is 5.68. The van der Waals surface area contributed by atoms with Gasteiger partial charge in [0.25, 0.3) is 0 Å². The van der Waals surface area contributed by atoms with E-state index < -0.39 is 5.97 Å². The highest BCUT2D eigenvalue weighted by atomic mass is 16.4. The van der Waals surface area contributed by atoms with Crippen molar-refractivity contribution in [2.75, 3.05) is 0 Å². The van der Waals surface area contributed by atoms with Crippen LogP contribution in [0.3, 0.4) is 0 Å². The molecule has 0 aliphatic heterocycles. The molecule has 0 spiro atoms. The average Bonchev–Trinajstić information content (AvgIpc) is 2.35. The number of benzene rings is 1. The van der Waals surface area contributed by atoms with E-state index in [9.17, 15) is 4.79 Å². The summed E-state index contributed by atoms with van der Waals surface area (Å²) in [6.45, 7) is 2.00. The van der Waals surface area contributed by atoms with Gasteiger partial charge in [-0.05, 0) is 24.5 Å². The standard InChI is InChI=1S/C16H18O2/c1-2-9-14-11-7-8-12-15(14)10-5-3-4-6-13-16(17)18/h2-9,11-12H,10,13H2,1H3,(H,17,18)/b5-3+,6-4-,9-2+. The monoisotopic (exact) mass is 242 g/mol. The minimum absolute atomic E-state index is 0.0689. The lowest BCUT2D eigenvalue weighted by molar-refractivity contribution is -0.135. The Balaban J connectivity index is 2.55. The second-order valence-electron chi connectivity index (χ2n) is 3.86. The molecule has 0 bridgehead atoms. The molecule has 0 unspecified atom stereocenters. The third-order valence-electron chi connectivity index (χ3n) is 2.41. The van der Waals surface area contributed by atoms with E-state index in [1.54, 1.807) is 12.2 Å². The van der Waals surface area contributed by atoms with Crippen LogP contribution >= 0.6 is 0 Å². The fourth-order valence-corrected chi connectivity index (χ4v) is 1.58. The Morgan fingerprint density at radius 3 is 2.67 bits per heavy atom. The molecule has 0 atom stereocenters. The molecule has 0 fully saturated rings. The summed E-state index contributed by atoms with van der Waals surface area (Å²) < 4.78 is 0. The highest BCUT2D eigenvalue weighted by Gasteiger charge is 1.94. The normalized spacial score (nSPS) is 11.8. The van der Waals surface area contributed by atoms with Crippen molar-refractivity contribution < 1.29 is 9.90 Å². The molecule has 0 radical (unpaired) electrons. The fraction of sp³-hybridized carbons (Fsp3) is 0.188. The van der Waals surface area contributed by atoms with Crippen molar-refractivity contribution in [2.45, 2.75) is 19.8 Å². The van der Waals surface area contributed by atoms with Crippen LogP contribution in [0.2, 0.25) is 0 Å². The average molecular weight is 242 g/mol. The van der Waals surface area contributed by atoms with Gasteiger partial charge in [-0.15, -0.1) is 0 Å². The first-order valence-corrected chi connectivity index (χ1v) is 5.98. The van der Waals surface area contributed by atoms with E-state index in [-0.39, 0.29) is 6.42 Å². The molecule has 0 heterocycles. The molecule has 1 aromatic carbocycles. The molecule has 0 saturated heterocycles. The summed E-state index contributed by atoms with van der Waals surface area (Å²) in [6.07, 6.45) is 12.3. The molecule has 0 saturated carbocycles. The number of hydrogen-bond donors (Lipinski definition) is 1. The van der Waals surface area contributed by atoms with Gasteiger partial charge >= 0.3 is 5.97 Å². The second-order valence-corrected chi connectivity index (χ2v) is 3.86. The van der Waals surface area contributed by atoms with Crippen molar-refractivity contribution in [1.29, 1.82) is 0 Å². The van der Waals surface area contributed by atoms with Crippen molar-refractivity contribution in [3.63, 3.8) is 0 Å². The SMILES string of the molecule is C/C=C/c1ccccc1C/C=C/C=C\CC(=O)O. The molecule has 2 heteroatoms. The van der Waals surface area contributed by atoms with Crippen molar-refractivity contribution in [2.24, 2.45) is 0 Å². The fourth-order valence-electron chi connectivity index (χ4n) is 1.58. The van der Waals surface area contributed by atoms with Gasteiger partial charge in [0.05, 0.1) is 6.42 Å². The minimum Gasteiger partial charge on any atom is -0.481 e. The summed E-state index contributed by atoms with van der Waals surface area (Å²) in [6, 6.07) is 8.23. The van der Waals surface area contributed by atoms with Gasteiger partial charge in [-0.2, -0.15) is 0 Å². The molecule has 18 heavy (non-hydrogen) atoms. The zero-order valence-electron chi connectivity index (χ0n) is 10.5. The Morgan fingerprint density at radius 2 is 1.94 bits per heavy atom. The zero-order chi connectivity index (χ0) is 13.2. The van der Waals surface area contributed by atoms with Gasteiger partial charge in [-0.25, -0.2) is 0 Å². The smallest absolute Gasteiger partial charge is 0.307 e. The molecule has 1 aromatic rings. The molecule has 94 valence electrons. The van der Waals surface area contributed by atoms with Crippen LogP contribution in [-0.4, -0.2) is 11.1 Å². The molecular weight excluding hydrogens is 224 g/mol.